The molecule has 2 rings (SSSR count). The Morgan fingerprint density at radius 2 is 2.00 bits per heavy atom. The quantitative estimate of drug-likeness (QED) is 0.853. The molecular weight excluding hydrogens is 298 g/mol. The van der Waals surface area contributed by atoms with Gasteiger partial charge in [-0.1, -0.05) is 13.8 Å². The maximum absolute atomic E-state index is 11.5. The molecule has 2 N–H and O–H groups in total. The smallest absolute Gasteiger partial charge is 0.234 e. The van der Waals surface area contributed by atoms with Gasteiger partial charge >= 0.3 is 0 Å². The van der Waals surface area contributed by atoms with Crippen LogP contribution in [0.4, 0.5) is 11.9 Å². The van der Waals surface area contributed by atoms with Gasteiger partial charge in [0.15, 0.2) is 0 Å². The van der Waals surface area contributed by atoms with Gasteiger partial charge in [-0.15, -0.1) is 11.3 Å². The zero-order valence-corrected chi connectivity index (χ0v) is 14.1. The van der Waals surface area contributed by atoms with Gasteiger partial charge in [-0.25, -0.2) is 0 Å². The summed E-state index contributed by atoms with van der Waals surface area (Å²) in [4.78, 5) is 25.4. The summed E-state index contributed by atoms with van der Waals surface area (Å²) in [5.41, 5.74) is 1.33. The second-order valence-corrected chi connectivity index (χ2v) is 5.91. The van der Waals surface area contributed by atoms with Crippen molar-refractivity contribution in [1.82, 2.24) is 15.0 Å². The number of aryl methyl sites for hydroxylation is 2. The molecular formula is C15H21N5OS. The van der Waals surface area contributed by atoms with E-state index in [0.717, 1.165) is 6.42 Å². The van der Waals surface area contributed by atoms with Gasteiger partial charge in [-0.3, -0.25) is 10.1 Å². The summed E-state index contributed by atoms with van der Waals surface area (Å²) in [6.07, 6.45) is 1.39. The number of nitrogens with one attached hydrogen (secondary N) is 2. The highest BCUT2D eigenvalue weighted by Gasteiger charge is 2.14. The van der Waals surface area contributed by atoms with E-state index >= 15 is 0 Å². The summed E-state index contributed by atoms with van der Waals surface area (Å²) in [6.45, 7) is 7.79. The molecule has 0 aliphatic rings. The lowest BCUT2D eigenvalue weighted by molar-refractivity contribution is -0.115. The van der Waals surface area contributed by atoms with Gasteiger partial charge in [-0.05, 0) is 37.3 Å². The second-order valence-electron chi connectivity index (χ2n) is 4.96. The number of aromatic nitrogens is 3. The zero-order chi connectivity index (χ0) is 16.1. The highest BCUT2D eigenvalue weighted by molar-refractivity contribution is 7.10. The summed E-state index contributed by atoms with van der Waals surface area (Å²) in [5.74, 6) is 1.21. The van der Waals surface area contributed by atoms with E-state index in [4.69, 9.17) is 0 Å². The van der Waals surface area contributed by atoms with E-state index in [1.165, 1.54) is 10.4 Å². The molecule has 118 valence electrons. The molecule has 0 fully saturated rings. The van der Waals surface area contributed by atoms with Gasteiger partial charge in [0, 0.05) is 11.3 Å². The molecule has 6 nitrogen and oxygen atoms in total. The molecule has 0 spiro atoms. The van der Waals surface area contributed by atoms with Crippen LogP contribution in [0, 0.1) is 6.92 Å². The summed E-state index contributed by atoms with van der Waals surface area (Å²) < 4.78 is 0. The van der Waals surface area contributed by atoms with E-state index < -0.39 is 0 Å². The number of hydrogen-bond donors (Lipinski definition) is 2. The maximum Gasteiger partial charge on any atom is 0.234 e. The molecule has 0 saturated heterocycles. The van der Waals surface area contributed by atoms with Crippen molar-refractivity contribution >= 4 is 29.1 Å². The third-order valence-corrected chi connectivity index (χ3v) is 4.36. The Balaban J connectivity index is 2.17. The van der Waals surface area contributed by atoms with Crippen LogP contribution >= 0.6 is 11.3 Å². The lowest BCUT2D eigenvalue weighted by Gasteiger charge is -2.15. The first kappa shape index (κ1) is 16.4. The van der Waals surface area contributed by atoms with Crippen molar-refractivity contribution in [2.75, 3.05) is 10.6 Å². The largest absolute Gasteiger partial charge is 0.347 e. The number of carbonyl (C=O) groups is 1. The van der Waals surface area contributed by atoms with E-state index in [0.29, 0.717) is 18.2 Å². The van der Waals surface area contributed by atoms with E-state index in [1.54, 1.807) is 25.2 Å². The number of anilines is 2. The normalized spacial score (nSPS) is 12.0. The van der Waals surface area contributed by atoms with Gasteiger partial charge < -0.3 is 5.32 Å². The molecule has 0 aromatic carbocycles. The molecule has 1 amide bonds. The van der Waals surface area contributed by atoms with Crippen molar-refractivity contribution in [3.63, 3.8) is 0 Å². The SMILES string of the molecule is CCC(=O)Nc1nc(C)nc(NC(C)c2sccc2CC)n1. The molecule has 2 aromatic rings. The number of nitrogens with zero attached hydrogens (tertiary/aromatic N) is 3. The first-order valence-electron chi connectivity index (χ1n) is 7.38. The monoisotopic (exact) mass is 319 g/mol. The minimum Gasteiger partial charge on any atom is -0.347 e. The van der Waals surface area contributed by atoms with Crippen LogP contribution in [0.5, 0.6) is 0 Å². The third-order valence-electron chi connectivity index (χ3n) is 3.22. The minimum absolute atomic E-state index is 0.103. The summed E-state index contributed by atoms with van der Waals surface area (Å²) in [7, 11) is 0. The van der Waals surface area contributed by atoms with Crippen LogP contribution < -0.4 is 10.6 Å². The highest BCUT2D eigenvalue weighted by Crippen LogP contribution is 2.27. The molecule has 1 unspecified atom stereocenters. The van der Waals surface area contributed by atoms with E-state index in [1.807, 2.05) is 0 Å². The number of rotatable bonds is 6. The Hall–Kier alpha value is -2.02. The van der Waals surface area contributed by atoms with Crippen LogP contribution in [0.15, 0.2) is 11.4 Å². The standard InChI is InChI=1S/C15H21N5OS/c1-5-11-7-8-22-13(11)9(3)16-14-17-10(4)18-15(20-14)19-12(21)6-2/h7-9H,5-6H2,1-4H3,(H2,16,17,18,19,20,21). The van der Waals surface area contributed by atoms with Crippen LogP contribution in [-0.4, -0.2) is 20.9 Å². The fourth-order valence-electron chi connectivity index (χ4n) is 2.09. The van der Waals surface area contributed by atoms with Crippen LogP contribution in [0.25, 0.3) is 0 Å². The predicted octanol–water partition coefficient (Wildman–Crippen LogP) is 3.33. The van der Waals surface area contributed by atoms with Gasteiger partial charge in [0.25, 0.3) is 0 Å². The van der Waals surface area contributed by atoms with Gasteiger partial charge in [0.05, 0.1) is 6.04 Å². The van der Waals surface area contributed by atoms with E-state index in [-0.39, 0.29) is 17.9 Å². The molecule has 7 heteroatoms. The van der Waals surface area contributed by atoms with Crippen LogP contribution in [-0.2, 0) is 11.2 Å². The van der Waals surface area contributed by atoms with Crippen LogP contribution in [0.2, 0.25) is 0 Å². The first-order valence-corrected chi connectivity index (χ1v) is 8.26. The Kier molecular flexibility index (Phi) is 5.43. The Bertz CT molecular complexity index is 655. The lowest BCUT2D eigenvalue weighted by Crippen LogP contribution is -2.16. The minimum atomic E-state index is -0.115. The van der Waals surface area contributed by atoms with Crippen LogP contribution in [0.3, 0.4) is 0 Å². The number of thiophene rings is 1. The highest BCUT2D eigenvalue weighted by atomic mass is 32.1. The molecule has 0 radical (unpaired) electrons. The van der Waals surface area contributed by atoms with Crippen molar-refractivity contribution in [3.8, 4) is 0 Å². The molecule has 0 aliphatic carbocycles. The average Bonchev–Trinajstić information content (AvgIpc) is 2.94. The molecule has 0 bridgehead atoms. The maximum atomic E-state index is 11.5. The van der Waals surface area contributed by atoms with Gasteiger partial charge in [0.1, 0.15) is 5.82 Å². The summed E-state index contributed by atoms with van der Waals surface area (Å²) >= 11 is 1.72. The fourth-order valence-corrected chi connectivity index (χ4v) is 3.10. The molecule has 2 heterocycles. The van der Waals surface area contributed by atoms with Crippen molar-refractivity contribution in [2.45, 2.75) is 46.6 Å². The van der Waals surface area contributed by atoms with E-state index in [2.05, 4.69) is 50.9 Å². The summed E-state index contributed by atoms with van der Waals surface area (Å²) in [6, 6.07) is 2.25. The fraction of sp³-hybridized carbons (Fsp3) is 0.467. The lowest BCUT2D eigenvalue weighted by atomic mass is 10.1. The van der Waals surface area contributed by atoms with Crippen molar-refractivity contribution in [2.24, 2.45) is 0 Å². The first-order chi connectivity index (χ1) is 10.5. The number of carbonyl (C=O) groups excluding carboxylic acids is 1. The van der Waals surface area contributed by atoms with E-state index in [9.17, 15) is 4.79 Å². The van der Waals surface area contributed by atoms with Crippen molar-refractivity contribution < 1.29 is 4.79 Å². The summed E-state index contributed by atoms with van der Waals surface area (Å²) in [5, 5.41) is 8.05. The Morgan fingerprint density at radius 3 is 2.68 bits per heavy atom. The zero-order valence-electron chi connectivity index (χ0n) is 13.3. The second kappa shape index (κ2) is 7.31. The molecule has 1 atom stereocenters. The van der Waals surface area contributed by atoms with Crippen molar-refractivity contribution in [1.29, 1.82) is 0 Å². The Labute approximate surface area is 134 Å². The Morgan fingerprint density at radius 1 is 1.27 bits per heavy atom. The molecule has 0 saturated carbocycles. The van der Waals surface area contributed by atoms with Crippen molar-refractivity contribution in [3.05, 3.63) is 27.7 Å². The average molecular weight is 319 g/mol. The van der Waals surface area contributed by atoms with Gasteiger partial charge in [0.2, 0.25) is 17.8 Å². The number of amides is 1. The molecule has 22 heavy (non-hydrogen) atoms. The van der Waals surface area contributed by atoms with Gasteiger partial charge in [-0.2, -0.15) is 15.0 Å². The topological polar surface area (TPSA) is 79.8 Å². The third kappa shape index (κ3) is 4.00. The molecule has 2 aromatic heterocycles. The molecule has 0 aliphatic heterocycles. The predicted molar refractivity (Wildman–Crippen MR) is 89.2 cm³/mol. The number of hydrogen-bond acceptors (Lipinski definition) is 6. The van der Waals surface area contributed by atoms with Crippen LogP contribution in [0.1, 0.15) is 49.5 Å².